The van der Waals surface area contributed by atoms with E-state index >= 15 is 0 Å². The van der Waals surface area contributed by atoms with Gasteiger partial charge in [-0.1, -0.05) is 5.16 Å². The third kappa shape index (κ3) is 1.57. The predicted molar refractivity (Wildman–Crippen MR) is 56.8 cm³/mol. The number of hydrogen-bond donors (Lipinski definition) is 1. The summed E-state index contributed by atoms with van der Waals surface area (Å²) in [6.07, 6.45) is 0.648. The van der Waals surface area contributed by atoms with Gasteiger partial charge in [0.05, 0.1) is 18.7 Å². The van der Waals surface area contributed by atoms with Crippen LogP contribution in [0.5, 0.6) is 5.75 Å². The van der Waals surface area contributed by atoms with Gasteiger partial charge in [0.1, 0.15) is 11.6 Å². The maximum Gasteiger partial charge on any atom is 0.240 e. The average molecular weight is 235 g/mol. The van der Waals surface area contributed by atoms with Gasteiger partial charge in [-0.15, -0.1) is 0 Å². The van der Waals surface area contributed by atoms with Crippen LogP contribution in [-0.4, -0.2) is 16.7 Å². The Morgan fingerprint density at radius 2 is 2.29 bits per heavy atom. The lowest BCUT2D eigenvalue weighted by molar-refractivity contribution is 0.356. The molecule has 2 heterocycles. The third-order valence-corrected chi connectivity index (χ3v) is 2.70. The van der Waals surface area contributed by atoms with Gasteiger partial charge in [0.15, 0.2) is 0 Å². The highest BCUT2D eigenvalue weighted by atomic mass is 19.1. The fourth-order valence-electron chi connectivity index (χ4n) is 1.93. The van der Waals surface area contributed by atoms with Gasteiger partial charge in [0.2, 0.25) is 11.7 Å². The zero-order valence-electron chi connectivity index (χ0n) is 8.94. The van der Waals surface area contributed by atoms with Crippen LogP contribution in [0, 0.1) is 5.82 Å². The lowest BCUT2D eigenvalue weighted by Gasteiger charge is -2.04. The maximum absolute atomic E-state index is 13.8. The molecule has 0 radical (unpaired) electrons. The molecule has 1 aromatic heterocycles. The van der Waals surface area contributed by atoms with E-state index in [-0.39, 0.29) is 24.1 Å². The van der Waals surface area contributed by atoms with E-state index in [0.29, 0.717) is 24.3 Å². The maximum atomic E-state index is 13.8. The van der Waals surface area contributed by atoms with Crippen molar-refractivity contribution in [3.63, 3.8) is 0 Å². The Morgan fingerprint density at radius 1 is 1.41 bits per heavy atom. The van der Waals surface area contributed by atoms with Gasteiger partial charge in [-0.2, -0.15) is 4.98 Å². The largest absolute Gasteiger partial charge is 0.493 e. The Labute approximate surface area is 96.4 Å². The summed E-state index contributed by atoms with van der Waals surface area (Å²) in [7, 11) is 0. The predicted octanol–water partition coefficient (Wildman–Crippen LogP) is 1.27. The summed E-state index contributed by atoms with van der Waals surface area (Å²) < 4.78 is 24.1. The first-order chi connectivity index (χ1) is 8.29. The van der Waals surface area contributed by atoms with Gasteiger partial charge in [-0.3, -0.25) is 0 Å². The van der Waals surface area contributed by atoms with E-state index in [4.69, 9.17) is 15.0 Å². The Kier molecular flexibility index (Phi) is 2.29. The summed E-state index contributed by atoms with van der Waals surface area (Å²) in [4.78, 5) is 4.04. The Bertz CT molecular complexity index is 568. The number of nitrogens with zero attached hydrogens (tertiary/aromatic N) is 2. The SMILES string of the molecule is NCc1nc(-c2c(F)ccc3c2CCO3)no1. The van der Waals surface area contributed by atoms with Gasteiger partial charge >= 0.3 is 0 Å². The molecular weight excluding hydrogens is 225 g/mol. The first kappa shape index (κ1) is 10.2. The number of nitrogens with two attached hydrogens (primary N) is 1. The second-order valence-electron chi connectivity index (χ2n) is 3.71. The van der Waals surface area contributed by atoms with Gasteiger partial charge in [-0.05, 0) is 12.1 Å². The molecule has 0 bridgehead atoms. The normalized spacial score (nSPS) is 13.5. The number of aromatic nitrogens is 2. The van der Waals surface area contributed by atoms with Crippen molar-refractivity contribution in [2.24, 2.45) is 5.73 Å². The molecule has 0 amide bonds. The van der Waals surface area contributed by atoms with Crippen LogP contribution in [0.3, 0.4) is 0 Å². The van der Waals surface area contributed by atoms with Crippen molar-refractivity contribution in [2.75, 3.05) is 6.61 Å². The summed E-state index contributed by atoms with van der Waals surface area (Å²) in [6, 6.07) is 2.96. The van der Waals surface area contributed by atoms with Crippen LogP contribution in [0.1, 0.15) is 11.5 Å². The van der Waals surface area contributed by atoms with Crippen LogP contribution in [0.4, 0.5) is 4.39 Å². The van der Waals surface area contributed by atoms with Crippen molar-refractivity contribution in [2.45, 2.75) is 13.0 Å². The summed E-state index contributed by atoms with van der Waals surface area (Å²) in [5, 5.41) is 3.73. The first-order valence-corrected chi connectivity index (χ1v) is 5.27. The number of hydrogen-bond acceptors (Lipinski definition) is 5. The quantitative estimate of drug-likeness (QED) is 0.848. The molecule has 0 saturated heterocycles. The number of halogens is 1. The monoisotopic (exact) mass is 235 g/mol. The molecule has 6 heteroatoms. The standard InChI is InChI=1S/C11H10FN3O2/c12-7-1-2-8-6(3-4-16-8)10(7)11-14-9(5-13)17-15-11/h1-2H,3-5,13H2. The highest BCUT2D eigenvalue weighted by Crippen LogP contribution is 2.35. The molecule has 2 aromatic rings. The topological polar surface area (TPSA) is 74.2 Å². The minimum Gasteiger partial charge on any atom is -0.493 e. The molecule has 3 rings (SSSR count). The highest BCUT2D eigenvalue weighted by molar-refractivity contribution is 5.65. The lowest BCUT2D eigenvalue weighted by Crippen LogP contribution is -1.97. The molecule has 88 valence electrons. The van der Waals surface area contributed by atoms with E-state index in [1.165, 1.54) is 6.07 Å². The molecule has 0 fully saturated rings. The van der Waals surface area contributed by atoms with Gasteiger partial charge in [0.25, 0.3) is 0 Å². The Morgan fingerprint density at radius 3 is 3.06 bits per heavy atom. The van der Waals surface area contributed by atoms with Crippen LogP contribution in [0.25, 0.3) is 11.4 Å². The van der Waals surface area contributed by atoms with Crippen LogP contribution in [-0.2, 0) is 13.0 Å². The molecule has 0 atom stereocenters. The van der Waals surface area contributed by atoms with Crippen molar-refractivity contribution in [1.82, 2.24) is 10.1 Å². The fraction of sp³-hybridized carbons (Fsp3) is 0.273. The van der Waals surface area contributed by atoms with Gasteiger partial charge in [-0.25, -0.2) is 4.39 Å². The Hall–Kier alpha value is -1.95. The fourth-order valence-corrected chi connectivity index (χ4v) is 1.93. The number of fused-ring (bicyclic) bond motifs is 1. The van der Waals surface area contributed by atoms with Gasteiger partial charge < -0.3 is 15.0 Å². The van der Waals surface area contributed by atoms with Gasteiger partial charge in [0, 0.05) is 12.0 Å². The summed E-state index contributed by atoms with van der Waals surface area (Å²) in [5.41, 5.74) is 6.51. The van der Waals surface area contributed by atoms with Crippen LogP contribution >= 0.6 is 0 Å². The van der Waals surface area contributed by atoms with Crippen molar-refractivity contribution in [3.05, 3.63) is 29.4 Å². The van der Waals surface area contributed by atoms with Crippen molar-refractivity contribution >= 4 is 0 Å². The summed E-state index contributed by atoms with van der Waals surface area (Å²) in [6.45, 7) is 0.688. The zero-order valence-corrected chi connectivity index (χ0v) is 8.94. The van der Waals surface area contributed by atoms with E-state index in [1.807, 2.05) is 0 Å². The number of ether oxygens (including phenoxy) is 1. The van der Waals surface area contributed by atoms with E-state index in [9.17, 15) is 4.39 Å². The minimum absolute atomic E-state index is 0.139. The first-order valence-electron chi connectivity index (χ1n) is 5.27. The molecular formula is C11H10FN3O2. The molecule has 17 heavy (non-hydrogen) atoms. The number of benzene rings is 1. The molecule has 1 aromatic carbocycles. The lowest BCUT2D eigenvalue weighted by atomic mass is 10.0. The molecule has 0 aliphatic carbocycles. The smallest absolute Gasteiger partial charge is 0.240 e. The highest BCUT2D eigenvalue weighted by Gasteiger charge is 2.23. The molecule has 0 saturated carbocycles. The van der Waals surface area contributed by atoms with Crippen molar-refractivity contribution < 1.29 is 13.7 Å². The van der Waals surface area contributed by atoms with E-state index < -0.39 is 0 Å². The third-order valence-electron chi connectivity index (χ3n) is 2.70. The molecule has 5 nitrogen and oxygen atoms in total. The molecule has 1 aliphatic rings. The second-order valence-corrected chi connectivity index (χ2v) is 3.71. The van der Waals surface area contributed by atoms with Crippen LogP contribution in [0.15, 0.2) is 16.7 Å². The minimum atomic E-state index is -0.376. The summed E-state index contributed by atoms with van der Waals surface area (Å²) >= 11 is 0. The second kappa shape index (κ2) is 3.81. The van der Waals surface area contributed by atoms with E-state index in [0.717, 1.165) is 5.56 Å². The van der Waals surface area contributed by atoms with Crippen LogP contribution < -0.4 is 10.5 Å². The Balaban J connectivity index is 2.16. The van der Waals surface area contributed by atoms with E-state index in [2.05, 4.69) is 10.1 Å². The van der Waals surface area contributed by atoms with Crippen molar-refractivity contribution in [3.8, 4) is 17.1 Å². The van der Waals surface area contributed by atoms with E-state index in [1.54, 1.807) is 6.07 Å². The molecule has 1 aliphatic heterocycles. The van der Waals surface area contributed by atoms with Crippen LogP contribution in [0.2, 0.25) is 0 Å². The zero-order chi connectivity index (χ0) is 11.8. The molecule has 0 unspecified atom stereocenters. The average Bonchev–Trinajstić information content (AvgIpc) is 2.96. The van der Waals surface area contributed by atoms with Crippen molar-refractivity contribution in [1.29, 1.82) is 0 Å². The molecule has 2 N–H and O–H groups in total. The molecule has 0 spiro atoms. The number of rotatable bonds is 2. The summed E-state index contributed by atoms with van der Waals surface area (Å²) in [5.74, 6) is 0.820.